The van der Waals surface area contributed by atoms with Crippen molar-refractivity contribution in [1.29, 1.82) is 0 Å². The average molecular weight is 301 g/mol. The van der Waals surface area contributed by atoms with Gasteiger partial charge in [-0.15, -0.1) is 5.10 Å². The molecule has 1 aromatic carbocycles. The Balaban J connectivity index is 1.59. The lowest BCUT2D eigenvalue weighted by molar-refractivity contribution is 0.290. The largest absolute Gasteiger partial charge is 0.472 e. The Morgan fingerprint density at radius 1 is 1.14 bits per heavy atom. The monoisotopic (exact) mass is 300 g/mol. The van der Waals surface area contributed by atoms with Crippen LogP contribution in [0.15, 0.2) is 55.0 Å². The summed E-state index contributed by atoms with van der Waals surface area (Å²) < 4.78 is 7.43. The SMILES string of the molecule is Clc1cnnc(OCc2ccc(Cn3cccn3)cc2)c1. The zero-order valence-corrected chi connectivity index (χ0v) is 11.9. The Hall–Kier alpha value is -2.40. The fourth-order valence-corrected chi connectivity index (χ4v) is 2.01. The Kier molecular flexibility index (Phi) is 4.12. The second-order valence-electron chi connectivity index (χ2n) is 4.52. The van der Waals surface area contributed by atoms with Gasteiger partial charge in [0, 0.05) is 18.5 Å². The minimum atomic E-state index is 0.420. The highest BCUT2D eigenvalue weighted by Crippen LogP contribution is 2.14. The lowest BCUT2D eigenvalue weighted by atomic mass is 10.1. The molecule has 3 aromatic rings. The summed E-state index contributed by atoms with van der Waals surface area (Å²) in [5, 5.41) is 12.3. The van der Waals surface area contributed by atoms with Crippen LogP contribution in [0.5, 0.6) is 5.88 Å². The average Bonchev–Trinajstić information content (AvgIpc) is 3.00. The lowest BCUT2D eigenvalue weighted by Gasteiger charge is -2.06. The summed E-state index contributed by atoms with van der Waals surface area (Å²) in [5.74, 6) is 0.420. The lowest BCUT2D eigenvalue weighted by Crippen LogP contribution is -2.01. The molecule has 0 saturated heterocycles. The minimum absolute atomic E-state index is 0.420. The molecule has 0 spiro atoms. The third-order valence-electron chi connectivity index (χ3n) is 2.91. The summed E-state index contributed by atoms with van der Waals surface area (Å²) in [6.07, 6.45) is 5.18. The number of nitrogens with zero attached hydrogens (tertiary/aromatic N) is 4. The first-order valence-corrected chi connectivity index (χ1v) is 6.84. The van der Waals surface area contributed by atoms with Crippen molar-refractivity contribution in [3.8, 4) is 5.88 Å². The van der Waals surface area contributed by atoms with Crippen molar-refractivity contribution in [1.82, 2.24) is 20.0 Å². The number of hydrogen-bond acceptors (Lipinski definition) is 4. The van der Waals surface area contributed by atoms with E-state index in [2.05, 4.69) is 27.4 Å². The van der Waals surface area contributed by atoms with E-state index in [0.717, 1.165) is 12.1 Å². The highest BCUT2D eigenvalue weighted by molar-refractivity contribution is 6.30. The first kappa shape index (κ1) is 13.6. The van der Waals surface area contributed by atoms with Gasteiger partial charge in [-0.25, -0.2) is 0 Å². The molecule has 0 fully saturated rings. The molecular formula is C15H13ClN4O. The van der Waals surface area contributed by atoms with E-state index in [1.165, 1.54) is 11.8 Å². The summed E-state index contributed by atoms with van der Waals surface area (Å²) >= 11 is 5.82. The van der Waals surface area contributed by atoms with Crippen molar-refractivity contribution in [3.05, 3.63) is 71.1 Å². The van der Waals surface area contributed by atoms with E-state index in [4.69, 9.17) is 16.3 Å². The number of rotatable bonds is 5. The smallest absolute Gasteiger partial charge is 0.235 e. The van der Waals surface area contributed by atoms with Crippen LogP contribution in [0.25, 0.3) is 0 Å². The molecule has 0 bridgehead atoms. The van der Waals surface area contributed by atoms with Crippen molar-refractivity contribution in [2.45, 2.75) is 13.2 Å². The molecule has 0 aliphatic carbocycles. The molecule has 6 heteroatoms. The maximum atomic E-state index is 5.82. The van der Waals surface area contributed by atoms with Crippen molar-refractivity contribution in [2.24, 2.45) is 0 Å². The van der Waals surface area contributed by atoms with Gasteiger partial charge in [0.15, 0.2) is 0 Å². The molecule has 2 heterocycles. The predicted molar refractivity (Wildman–Crippen MR) is 79.1 cm³/mol. The number of benzene rings is 1. The van der Waals surface area contributed by atoms with Gasteiger partial charge in [-0.3, -0.25) is 4.68 Å². The zero-order chi connectivity index (χ0) is 14.5. The third-order valence-corrected chi connectivity index (χ3v) is 3.12. The summed E-state index contributed by atoms with van der Waals surface area (Å²) in [6, 6.07) is 11.7. The van der Waals surface area contributed by atoms with Crippen LogP contribution < -0.4 is 4.74 Å². The van der Waals surface area contributed by atoms with Crippen molar-refractivity contribution >= 4 is 11.6 Å². The van der Waals surface area contributed by atoms with Gasteiger partial charge in [0.25, 0.3) is 0 Å². The van der Waals surface area contributed by atoms with Crippen LogP contribution in [-0.2, 0) is 13.2 Å². The molecule has 0 atom stereocenters. The number of hydrogen-bond donors (Lipinski definition) is 0. The first-order valence-electron chi connectivity index (χ1n) is 6.46. The van der Waals surface area contributed by atoms with Crippen LogP contribution in [-0.4, -0.2) is 20.0 Å². The molecular weight excluding hydrogens is 288 g/mol. The number of aromatic nitrogens is 4. The van der Waals surface area contributed by atoms with Crippen molar-refractivity contribution in [2.75, 3.05) is 0 Å². The van der Waals surface area contributed by atoms with Crippen LogP contribution in [0.2, 0.25) is 5.02 Å². The van der Waals surface area contributed by atoms with Crippen LogP contribution >= 0.6 is 11.6 Å². The van der Waals surface area contributed by atoms with Gasteiger partial charge in [0.1, 0.15) is 6.61 Å². The second-order valence-corrected chi connectivity index (χ2v) is 4.96. The van der Waals surface area contributed by atoms with E-state index >= 15 is 0 Å². The van der Waals surface area contributed by atoms with Crippen molar-refractivity contribution < 1.29 is 4.74 Å². The van der Waals surface area contributed by atoms with Gasteiger partial charge in [0.05, 0.1) is 17.8 Å². The fraction of sp³-hybridized carbons (Fsp3) is 0.133. The Morgan fingerprint density at radius 3 is 2.67 bits per heavy atom. The van der Waals surface area contributed by atoms with E-state index in [9.17, 15) is 0 Å². The summed E-state index contributed by atoms with van der Waals surface area (Å²) in [5.41, 5.74) is 2.24. The summed E-state index contributed by atoms with van der Waals surface area (Å²) in [4.78, 5) is 0. The Morgan fingerprint density at radius 2 is 1.95 bits per heavy atom. The molecule has 0 amide bonds. The van der Waals surface area contributed by atoms with Gasteiger partial charge in [-0.05, 0) is 17.2 Å². The highest BCUT2D eigenvalue weighted by atomic mass is 35.5. The second kappa shape index (κ2) is 6.37. The third kappa shape index (κ3) is 3.79. The zero-order valence-electron chi connectivity index (χ0n) is 11.2. The number of ether oxygens (including phenoxy) is 1. The molecule has 0 saturated carbocycles. The molecule has 0 unspecified atom stereocenters. The normalized spacial score (nSPS) is 10.5. The molecule has 3 rings (SSSR count). The molecule has 5 nitrogen and oxygen atoms in total. The van der Waals surface area contributed by atoms with Crippen molar-refractivity contribution in [3.63, 3.8) is 0 Å². The maximum Gasteiger partial charge on any atom is 0.235 e. The van der Waals surface area contributed by atoms with Gasteiger partial charge in [0.2, 0.25) is 5.88 Å². The molecule has 106 valence electrons. The van der Waals surface area contributed by atoms with Crippen LogP contribution in [0.3, 0.4) is 0 Å². The predicted octanol–water partition coefficient (Wildman–Crippen LogP) is 2.95. The van der Waals surface area contributed by atoms with E-state index in [-0.39, 0.29) is 0 Å². The fourth-order valence-electron chi connectivity index (χ4n) is 1.87. The number of halogens is 1. The van der Waals surface area contributed by atoms with Crippen LogP contribution in [0, 0.1) is 0 Å². The topological polar surface area (TPSA) is 52.8 Å². The molecule has 0 aliphatic rings. The standard InChI is InChI=1S/C15H13ClN4O/c16-14-8-15(19-17-9-14)21-11-13-4-2-12(3-5-13)10-20-7-1-6-18-20/h1-9H,10-11H2. The van der Waals surface area contributed by atoms with Crippen LogP contribution in [0.1, 0.15) is 11.1 Å². The Bertz CT molecular complexity index is 698. The molecule has 0 aliphatic heterocycles. The van der Waals surface area contributed by atoms with Gasteiger partial charge >= 0.3 is 0 Å². The van der Waals surface area contributed by atoms with Crippen LogP contribution in [0.4, 0.5) is 0 Å². The first-order chi connectivity index (χ1) is 10.3. The van der Waals surface area contributed by atoms with E-state index < -0.39 is 0 Å². The maximum absolute atomic E-state index is 5.82. The van der Waals surface area contributed by atoms with Gasteiger partial charge < -0.3 is 4.74 Å². The molecule has 21 heavy (non-hydrogen) atoms. The highest BCUT2D eigenvalue weighted by Gasteiger charge is 2.00. The van der Waals surface area contributed by atoms with Gasteiger partial charge in [-0.1, -0.05) is 35.9 Å². The molecule has 0 N–H and O–H groups in total. The van der Waals surface area contributed by atoms with E-state index in [0.29, 0.717) is 17.5 Å². The minimum Gasteiger partial charge on any atom is -0.472 e. The van der Waals surface area contributed by atoms with Gasteiger partial charge in [-0.2, -0.15) is 10.2 Å². The molecule has 2 aromatic heterocycles. The molecule has 0 radical (unpaired) electrons. The summed E-state index contributed by atoms with van der Waals surface area (Å²) in [6.45, 7) is 1.19. The van der Waals surface area contributed by atoms with E-state index in [1.807, 2.05) is 29.1 Å². The Labute approximate surface area is 127 Å². The summed E-state index contributed by atoms with van der Waals surface area (Å²) in [7, 11) is 0. The quantitative estimate of drug-likeness (QED) is 0.727. The van der Waals surface area contributed by atoms with E-state index in [1.54, 1.807) is 12.3 Å².